The van der Waals surface area contributed by atoms with Gasteiger partial charge in [0, 0.05) is 47.5 Å². The van der Waals surface area contributed by atoms with Gasteiger partial charge in [0.25, 0.3) is 11.8 Å². The van der Waals surface area contributed by atoms with Gasteiger partial charge in [0.15, 0.2) is 0 Å². The summed E-state index contributed by atoms with van der Waals surface area (Å²) in [6, 6.07) is 11.5. The van der Waals surface area contributed by atoms with E-state index in [1.807, 2.05) is 4.90 Å². The molecule has 3 amide bonds. The fraction of sp³-hybridized carbons (Fsp3) is 0.292. The monoisotopic (exact) mass is 579 g/mol. The molecule has 1 fully saturated rings. The van der Waals surface area contributed by atoms with Crippen LogP contribution in [0.25, 0.3) is 10.1 Å². The summed E-state index contributed by atoms with van der Waals surface area (Å²) in [5, 5.41) is 3.76. The highest BCUT2D eigenvalue weighted by molar-refractivity contribution is 7.88. The van der Waals surface area contributed by atoms with E-state index >= 15 is 0 Å². The van der Waals surface area contributed by atoms with Crippen LogP contribution < -0.4 is 20.9 Å². The number of fused-ring (bicyclic) bond motifs is 1. The van der Waals surface area contributed by atoms with E-state index < -0.39 is 21.8 Å². The lowest BCUT2D eigenvalue weighted by molar-refractivity contribution is -0.117. The molecule has 202 valence electrons. The molecule has 0 bridgehead atoms. The molecular weight excluding hydrogens is 554 g/mol. The Bertz CT molecular complexity index is 1470. The second-order valence-corrected chi connectivity index (χ2v) is 12.0. The van der Waals surface area contributed by atoms with Crippen molar-refractivity contribution in [2.24, 2.45) is 0 Å². The number of nitrogens with zero attached hydrogens (tertiary/aromatic N) is 2. The average Bonchev–Trinajstić information content (AvgIpc) is 3.22. The number of rotatable bonds is 7. The average molecular weight is 580 g/mol. The standard InChI is InChI=1S/C24H26ClN5O6S2/c1-36-17-7-8-18-19(13-17)37-22(21(18)25)24(33)28-27-23(32)15-3-5-16(6-4-15)26-20(31)14-29-9-11-30(12-10-29)38(2,34)35/h3-8,13H,9-12,14H2,1-2H3,(H,26,31)(H,27,32)(H,28,33). The highest BCUT2D eigenvalue weighted by Crippen LogP contribution is 2.37. The second-order valence-electron chi connectivity index (χ2n) is 8.58. The summed E-state index contributed by atoms with van der Waals surface area (Å²) in [6.45, 7) is 1.74. The van der Waals surface area contributed by atoms with Crippen LogP contribution in [0.5, 0.6) is 5.75 Å². The number of carbonyl (C=O) groups excluding carboxylic acids is 3. The molecule has 0 aliphatic carbocycles. The smallest absolute Gasteiger partial charge is 0.281 e. The molecule has 38 heavy (non-hydrogen) atoms. The third-order valence-electron chi connectivity index (χ3n) is 5.93. The molecule has 1 saturated heterocycles. The summed E-state index contributed by atoms with van der Waals surface area (Å²) in [4.78, 5) is 39.6. The fourth-order valence-corrected chi connectivity index (χ4v) is 6.16. The van der Waals surface area contributed by atoms with Crippen molar-refractivity contribution < 1.29 is 27.5 Å². The molecule has 3 N–H and O–H groups in total. The maximum Gasteiger partial charge on any atom is 0.281 e. The molecule has 14 heteroatoms. The summed E-state index contributed by atoms with van der Waals surface area (Å²) < 4.78 is 30.6. The zero-order valence-corrected chi connectivity index (χ0v) is 23.0. The maximum atomic E-state index is 12.6. The SMILES string of the molecule is COc1ccc2c(Cl)c(C(=O)NNC(=O)c3ccc(NC(=O)CN4CCN(S(C)(=O)=O)CC4)cc3)sc2c1. The number of carbonyl (C=O) groups is 3. The van der Waals surface area contributed by atoms with E-state index in [1.165, 1.54) is 34.0 Å². The van der Waals surface area contributed by atoms with Gasteiger partial charge in [0.1, 0.15) is 10.6 Å². The molecule has 0 spiro atoms. The van der Waals surface area contributed by atoms with E-state index in [0.717, 1.165) is 4.70 Å². The van der Waals surface area contributed by atoms with Crippen molar-refractivity contribution in [3.8, 4) is 5.75 Å². The number of sulfonamides is 1. The number of halogens is 1. The van der Waals surface area contributed by atoms with Crippen LogP contribution in [0.4, 0.5) is 5.69 Å². The largest absolute Gasteiger partial charge is 0.497 e. The number of thiophene rings is 1. The van der Waals surface area contributed by atoms with Crippen molar-refractivity contribution in [1.82, 2.24) is 20.1 Å². The number of piperazine rings is 1. The van der Waals surface area contributed by atoms with Crippen molar-refractivity contribution in [2.45, 2.75) is 0 Å². The van der Waals surface area contributed by atoms with Crippen LogP contribution in [0, 0.1) is 0 Å². The Morgan fingerprint density at radius 1 is 1.00 bits per heavy atom. The van der Waals surface area contributed by atoms with Crippen molar-refractivity contribution in [3.05, 3.63) is 57.9 Å². The number of nitrogens with one attached hydrogen (secondary N) is 3. The molecule has 3 aromatic rings. The summed E-state index contributed by atoms with van der Waals surface area (Å²) >= 11 is 7.54. The lowest BCUT2D eigenvalue weighted by Crippen LogP contribution is -2.50. The molecule has 0 saturated carbocycles. The van der Waals surface area contributed by atoms with Crippen LogP contribution in [0.1, 0.15) is 20.0 Å². The Labute approximate surface area is 228 Å². The van der Waals surface area contributed by atoms with Crippen molar-refractivity contribution >= 4 is 66.5 Å². The van der Waals surface area contributed by atoms with Crippen molar-refractivity contribution in [3.63, 3.8) is 0 Å². The van der Waals surface area contributed by atoms with Gasteiger partial charge in [-0.05, 0) is 42.5 Å². The quantitative estimate of drug-likeness (QED) is 0.365. The predicted octanol–water partition coefficient (Wildman–Crippen LogP) is 2.15. The van der Waals surface area contributed by atoms with Gasteiger partial charge < -0.3 is 10.1 Å². The van der Waals surface area contributed by atoms with Gasteiger partial charge in [-0.3, -0.25) is 30.1 Å². The third-order valence-corrected chi connectivity index (χ3v) is 8.89. The molecule has 0 atom stereocenters. The van der Waals surface area contributed by atoms with Crippen LogP contribution in [0.15, 0.2) is 42.5 Å². The molecule has 1 aliphatic heterocycles. The topological polar surface area (TPSA) is 137 Å². The lowest BCUT2D eigenvalue weighted by atomic mass is 10.2. The molecule has 2 aromatic carbocycles. The molecule has 0 radical (unpaired) electrons. The minimum absolute atomic E-state index is 0.124. The first-order chi connectivity index (χ1) is 18.0. The Kier molecular flexibility index (Phi) is 8.53. The number of benzene rings is 2. The lowest BCUT2D eigenvalue weighted by Gasteiger charge is -2.32. The van der Waals surface area contributed by atoms with Gasteiger partial charge in [-0.15, -0.1) is 11.3 Å². The summed E-state index contributed by atoms with van der Waals surface area (Å²) in [7, 11) is -1.68. The van der Waals surface area contributed by atoms with Crippen LogP contribution in [-0.2, 0) is 14.8 Å². The molecule has 11 nitrogen and oxygen atoms in total. The van der Waals surface area contributed by atoms with E-state index in [1.54, 1.807) is 37.4 Å². The number of ether oxygens (including phenoxy) is 1. The zero-order chi connectivity index (χ0) is 27.4. The highest BCUT2D eigenvalue weighted by atomic mass is 35.5. The van der Waals surface area contributed by atoms with E-state index in [2.05, 4.69) is 16.2 Å². The Morgan fingerprint density at radius 2 is 1.66 bits per heavy atom. The molecule has 1 aliphatic rings. The number of amides is 3. The van der Waals surface area contributed by atoms with Crippen molar-refractivity contribution in [2.75, 3.05) is 51.4 Å². The van der Waals surface area contributed by atoms with E-state index in [0.29, 0.717) is 43.0 Å². The van der Waals surface area contributed by atoms with Gasteiger partial charge in [0.2, 0.25) is 15.9 Å². The van der Waals surface area contributed by atoms with Gasteiger partial charge in [-0.1, -0.05) is 11.6 Å². The molecule has 2 heterocycles. The van der Waals surface area contributed by atoms with Crippen LogP contribution in [0.2, 0.25) is 5.02 Å². The van der Waals surface area contributed by atoms with E-state index in [9.17, 15) is 22.8 Å². The first-order valence-corrected chi connectivity index (χ1v) is 14.5. The van der Waals surface area contributed by atoms with Gasteiger partial charge in [0.05, 0.1) is 24.9 Å². The summed E-state index contributed by atoms with van der Waals surface area (Å²) in [6.07, 6.45) is 1.17. The van der Waals surface area contributed by atoms with Crippen LogP contribution in [-0.4, -0.2) is 81.4 Å². The summed E-state index contributed by atoms with van der Waals surface area (Å²) in [5.74, 6) is -0.702. The Hall–Kier alpha value is -3.23. The third kappa shape index (κ3) is 6.60. The van der Waals surface area contributed by atoms with E-state index in [-0.39, 0.29) is 27.9 Å². The zero-order valence-electron chi connectivity index (χ0n) is 20.6. The molecule has 4 rings (SSSR count). The minimum atomic E-state index is -3.23. The first-order valence-electron chi connectivity index (χ1n) is 11.5. The van der Waals surface area contributed by atoms with Gasteiger partial charge >= 0.3 is 0 Å². The molecule has 0 unspecified atom stereocenters. The Morgan fingerprint density at radius 3 is 2.29 bits per heavy atom. The van der Waals surface area contributed by atoms with Gasteiger partial charge in [-0.2, -0.15) is 4.31 Å². The number of anilines is 1. The minimum Gasteiger partial charge on any atom is -0.497 e. The first kappa shape index (κ1) is 27.8. The molecular formula is C24H26ClN5O6S2. The number of hydrazine groups is 1. The van der Waals surface area contributed by atoms with Crippen molar-refractivity contribution in [1.29, 1.82) is 0 Å². The normalized spacial score (nSPS) is 14.7. The number of hydrogen-bond donors (Lipinski definition) is 3. The number of hydrogen-bond acceptors (Lipinski definition) is 8. The van der Waals surface area contributed by atoms with Gasteiger partial charge in [-0.25, -0.2) is 8.42 Å². The second kappa shape index (κ2) is 11.7. The Balaban J connectivity index is 1.27. The summed E-state index contributed by atoms with van der Waals surface area (Å²) in [5.41, 5.74) is 5.50. The maximum absolute atomic E-state index is 12.6. The van der Waals surface area contributed by atoms with Crippen LogP contribution >= 0.6 is 22.9 Å². The van der Waals surface area contributed by atoms with Crippen LogP contribution in [0.3, 0.4) is 0 Å². The fourth-order valence-electron chi connectivity index (χ4n) is 3.89. The molecule has 1 aromatic heterocycles. The highest BCUT2D eigenvalue weighted by Gasteiger charge is 2.24. The van der Waals surface area contributed by atoms with E-state index in [4.69, 9.17) is 16.3 Å². The predicted molar refractivity (Wildman–Crippen MR) is 146 cm³/mol. The number of methoxy groups -OCH3 is 1.